The van der Waals surface area contributed by atoms with Crippen molar-refractivity contribution in [1.82, 2.24) is 14.7 Å². The minimum Gasteiger partial charge on any atom is -0.459 e. The molecule has 2 heterocycles. The van der Waals surface area contributed by atoms with Crippen molar-refractivity contribution in [3.63, 3.8) is 0 Å². The average Bonchev–Trinajstić information content (AvgIpc) is 3.45. The van der Waals surface area contributed by atoms with Crippen LogP contribution in [0, 0.1) is 23.0 Å². The summed E-state index contributed by atoms with van der Waals surface area (Å²) in [6.07, 6.45) is 0.326. The van der Waals surface area contributed by atoms with Crippen LogP contribution < -0.4 is 0 Å². The fraction of sp³-hybridized carbons (Fsp3) is 0.357. The molecule has 5 rings (SSSR count). The topological polar surface area (TPSA) is 88.2 Å². The maximum Gasteiger partial charge on any atom is 0.305 e. The summed E-state index contributed by atoms with van der Waals surface area (Å²) in [5.74, 6) is -1.82. The van der Waals surface area contributed by atoms with Crippen LogP contribution >= 0.6 is 0 Å². The summed E-state index contributed by atoms with van der Waals surface area (Å²) < 4.78 is 36.7. The summed E-state index contributed by atoms with van der Waals surface area (Å²) in [4.78, 5) is 26.6. The number of benzene rings is 2. The monoisotopic (exact) mass is 504 g/mol. The number of halogens is 2. The molecule has 0 fully saturated rings. The molecule has 3 aromatic rings. The van der Waals surface area contributed by atoms with Gasteiger partial charge >= 0.3 is 5.97 Å². The first kappa shape index (κ1) is 24.6. The molecule has 1 aliphatic carbocycles. The van der Waals surface area contributed by atoms with Crippen LogP contribution in [0.1, 0.15) is 60.7 Å². The molecular formula is C28H26F2N4O3. The second-order valence-electron chi connectivity index (χ2n) is 9.32. The Morgan fingerprint density at radius 1 is 1.16 bits per heavy atom. The number of carbonyl (C=O) groups is 2. The van der Waals surface area contributed by atoms with Crippen molar-refractivity contribution in [2.75, 3.05) is 6.54 Å². The van der Waals surface area contributed by atoms with E-state index in [1.165, 1.54) is 6.07 Å². The maximum absolute atomic E-state index is 14.8. The summed E-state index contributed by atoms with van der Waals surface area (Å²) in [6, 6.07) is 10.5. The number of esters is 1. The molecule has 190 valence electrons. The van der Waals surface area contributed by atoms with Crippen LogP contribution in [0.4, 0.5) is 8.78 Å². The van der Waals surface area contributed by atoms with Gasteiger partial charge in [0.25, 0.3) is 0 Å². The molecule has 2 atom stereocenters. The molecule has 1 amide bonds. The smallest absolute Gasteiger partial charge is 0.305 e. The van der Waals surface area contributed by atoms with Gasteiger partial charge in [0, 0.05) is 61.7 Å². The lowest BCUT2D eigenvalue weighted by molar-refractivity contribution is -0.149. The Balaban J connectivity index is 1.70. The Bertz CT molecular complexity index is 1440. The number of carbonyl (C=O) groups excluding carboxylic acids is 2. The Morgan fingerprint density at radius 2 is 1.97 bits per heavy atom. The van der Waals surface area contributed by atoms with Crippen LogP contribution in [-0.4, -0.2) is 39.2 Å². The van der Waals surface area contributed by atoms with Gasteiger partial charge in [0.15, 0.2) is 0 Å². The van der Waals surface area contributed by atoms with Crippen molar-refractivity contribution in [1.29, 1.82) is 5.26 Å². The SMILES string of the molecule is CCC(=O)O[C@@H]1Cc2c(F)cc(F)cc2[C@H]1n1nc(-c2cccc(C#N)c2)c2c1CCN(C(=O)CC)C2. The number of aromatic nitrogens is 2. The summed E-state index contributed by atoms with van der Waals surface area (Å²) in [5.41, 5.74) is 4.07. The van der Waals surface area contributed by atoms with E-state index in [1.54, 1.807) is 34.7 Å². The van der Waals surface area contributed by atoms with Crippen LogP contribution in [0.5, 0.6) is 0 Å². The third kappa shape index (κ3) is 4.37. The van der Waals surface area contributed by atoms with Gasteiger partial charge in [-0.1, -0.05) is 26.0 Å². The first-order valence-electron chi connectivity index (χ1n) is 12.4. The van der Waals surface area contributed by atoms with Crippen LogP contribution in [0.3, 0.4) is 0 Å². The molecule has 0 unspecified atom stereocenters. The highest BCUT2D eigenvalue weighted by molar-refractivity contribution is 5.77. The number of ether oxygens (including phenoxy) is 1. The van der Waals surface area contributed by atoms with Gasteiger partial charge < -0.3 is 9.64 Å². The first-order chi connectivity index (χ1) is 17.8. The normalized spacial score (nSPS) is 18.2. The number of fused-ring (bicyclic) bond motifs is 2. The molecule has 2 aliphatic rings. The number of hydrogen-bond donors (Lipinski definition) is 0. The van der Waals surface area contributed by atoms with Gasteiger partial charge in [-0.05, 0) is 29.3 Å². The highest BCUT2D eigenvalue weighted by atomic mass is 19.1. The molecule has 9 heteroatoms. The Morgan fingerprint density at radius 3 is 2.70 bits per heavy atom. The molecule has 0 radical (unpaired) electrons. The molecule has 7 nitrogen and oxygen atoms in total. The molecular weight excluding hydrogens is 478 g/mol. The summed E-state index contributed by atoms with van der Waals surface area (Å²) in [5, 5.41) is 14.3. The summed E-state index contributed by atoms with van der Waals surface area (Å²) in [7, 11) is 0. The molecule has 0 spiro atoms. The molecule has 0 saturated heterocycles. The van der Waals surface area contributed by atoms with Crippen molar-refractivity contribution in [3.05, 3.63) is 76.0 Å². The third-order valence-electron chi connectivity index (χ3n) is 7.11. The fourth-order valence-electron chi connectivity index (χ4n) is 5.34. The summed E-state index contributed by atoms with van der Waals surface area (Å²) >= 11 is 0. The molecule has 0 bridgehead atoms. The quantitative estimate of drug-likeness (QED) is 0.479. The number of nitriles is 1. The van der Waals surface area contributed by atoms with E-state index in [2.05, 4.69) is 6.07 Å². The van der Waals surface area contributed by atoms with E-state index >= 15 is 0 Å². The second-order valence-corrected chi connectivity index (χ2v) is 9.32. The van der Waals surface area contributed by atoms with Gasteiger partial charge in [0.1, 0.15) is 23.8 Å². The van der Waals surface area contributed by atoms with Crippen molar-refractivity contribution in [2.45, 2.75) is 58.2 Å². The van der Waals surface area contributed by atoms with Crippen LogP contribution in [0.15, 0.2) is 36.4 Å². The van der Waals surface area contributed by atoms with E-state index in [-0.39, 0.29) is 18.7 Å². The van der Waals surface area contributed by atoms with Gasteiger partial charge in [0.2, 0.25) is 5.91 Å². The molecule has 37 heavy (non-hydrogen) atoms. The van der Waals surface area contributed by atoms with E-state index in [0.29, 0.717) is 53.9 Å². The van der Waals surface area contributed by atoms with Crippen molar-refractivity contribution < 1.29 is 23.1 Å². The number of hydrogen-bond acceptors (Lipinski definition) is 5. The van der Waals surface area contributed by atoms with Crippen LogP contribution in [0.25, 0.3) is 11.3 Å². The Kier molecular flexibility index (Phi) is 6.50. The zero-order valence-corrected chi connectivity index (χ0v) is 20.6. The number of nitrogens with zero attached hydrogens (tertiary/aromatic N) is 4. The van der Waals surface area contributed by atoms with Gasteiger partial charge in [0.05, 0.1) is 17.3 Å². The number of rotatable bonds is 5. The molecule has 0 saturated carbocycles. The first-order valence-corrected chi connectivity index (χ1v) is 12.4. The minimum atomic E-state index is -0.767. The molecule has 2 aromatic carbocycles. The van der Waals surface area contributed by atoms with Crippen molar-refractivity contribution in [2.24, 2.45) is 0 Å². The zero-order chi connectivity index (χ0) is 26.3. The van der Waals surface area contributed by atoms with Gasteiger partial charge in [-0.3, -0.25) is 14.3 Å². The maximum atomic E-state index is 14.8. The highest BCUT2D eigenvalue weighted by Gasteiger charge is 2.42. The van der Waals surface area contributed by atoms with Gasteiger partial charge in [-0.2, -0.15) is 10.4 Å². The standard InChI is InChI=1S/C28H26F2N4O3/c1-3-25(35)33-9-8-23-21(15-33)27(17-7-5-6-16(10-17)14-31)32-34(23)28-20-11-18(29)12-22(30)19(20)13-24(28)37-26(36)4-2/h5-7,10-12,24,28H,3-4,8-9,13,15H2,1-2H3/t24-,28-/m1/s1. The van der Waals surface area contributed by atoms with Crippen molar-refractivity contribution >= 4 is 11.9 Å². The number of amides is 1. The van der Waals surface area contributed by atoms with E-state index in [9.17, 15) is 23.6 Å². The lowest BCUT2D eigenvalue weighted by Crippen LogP contribution is -2.37. The predicted octanol–water partition coefficient (Wildman–Crippen LogP) is 4.46. The van der Waals surface area contributed by atoms with E-state index in [0.717, 1.165) is 17.3 Å². The minimum absolute atomic E-state index is 0.0141. The largest absolute Gasteiger partial charge is 0.459 e. The molecule has 1 aliphatic heterocycles. The summed E-state index contributed by atoms with van der Waals surface area (Å²) in [6.45, 7) is 4.28. The van der Waals surface area contributed by atoms with Crippen molar-refractivity contribution in [3.8, 4) is 17.3 Å². The average molecular weight is 505 g/mol. The lowest BCUT2D eigenvalue weighted by Gasteiger charge is -2.29. The predicted molar refractivity (Wildman–Crippen MR) is 130 cm³/mol. The van der Waals surface area contributed by atoms with Crippen LogP contribution in [-0.2, 0) is 33.7 Å². The highest BCUT2D eigenvalue weighted by Crippen LogP contribution is 2.42. The van der Waals surface area contributed by atoms with E-state index in [1.807, 2.05) is 13.0 Å². The van der Waals surface area contributed by atoms with Crippen LogP contribution in [0.2, 0.25) is 0 Å². The Labute approximate surface area is 213 Å². The Hall–Kier alpha value is -4.06. The van der Waals surface area contributed by atoms with E-state index in [4.69, 9.17) is 9.84 Å². The molecule has 1 aromatic heterocycles. The van der Waals surface area contributed by atoms with Gasteiger partial charge in [-0.25, -0.2) is 8.78 Å². The van der Waals surface area contributed by atoms with Gasteiger partial charge in [-0.15, -0.1) is 0 Å². The zero-order valence-electron chi connectivity index (χ0n) is 20.6. The van der Waals surface area contributed by atoms with E-state index < -0.39 is 29.7 Å². The second kappa shape index (κ2) is 9.77. The molecule has 0 N–H and O–H groups in total. The lowest BCUT2D eigenvalue weighted by atomic mass is 9.99. The third-order valence-corrected chi connectivity index (χ3v) is 7.11. The fourth-order valence-corrected chi connectivity index (χ4v) is 5.34.